The van der Waals surface area contributed by atoms with Gasteiger partial charge in [0, 0.05) is 21.3 Å². The third-order valence-corrected chi connectivity index (χ3v) is 6.93. The van der Waals surface area contributed by atoms with E-state index in [9.17, 15) is 23.1 Å². The number of aryl methyl sites for hydroxylation is 1. The summed E-state index contributed by atoms with van der Waals surface area (Å²) in [7, 11) is 0. The minimum absolute atomic E-state index is 0.133. The van der Waals surface area contributed by atoms with Gasteiger partial charge in [0.1, 0.15) is 5.01 Å². The molecule has 0 saturated carbocycles. The van der Waals surface area contributed by atoms with Gasteiger partial charge in [0.15, 0.2) is 0 Å². The molecule has 8 heteroatoms. The number of hydrogen-bond acceptors (Lipinski definition) is 3. The van der Waals surface area contributed by atoms with Crippen LogP contribution in [0.25, 0.3) is 11.3 Å². The molecule has 0 aliphatic rings. The minimum Gasteiger partial charge on any atom is -0.478 e. The smallest absolute Gasteiger partial charge is 0.416 e. The number of thiazole rings is 1. The molecule has 0 saturated heterocycles. The molecule has 4 rings (SSSR count). The Morgan fingerprint density at radius 3 is 2.44 bits per heavy atom. The summed E-state index contributed by atoms with van der Waals surface area (Å²) in [5, 5.41) is 11.8. The Balaban J connectivity index is 1.66. The first-order valence-corrected chi connectivity index (χ1v) is 12.1. The van der Waals surface area contributed by atoms with Crippen molar-refractivity contribution in [3.8, 4) is 11.3 Å². The molecule has 0 aliphatic carbocycles. The quantitative estimate of drug-likeness (QED) is 0.255. The number of hydrogen-bond donors (Lipinski definition) is 1. The van der Waals surface area contributed by atoms with Crippen LogP contribution in [0.15, 0.2) is 82.6 Å². The normalized spacial score (nSPS) is 12.5. The number of nitrogens with zero attached hydrogens (tertiary/aromatic N) is 1. The second-order valence-electron chi connectivity index (χ2n) is 7.80. The number of halogens is 4. The molecule has 0 amide bonds. The fourth-order valence-corrected chi connectivity index (χ4v) is 5.17. The minimum atomic E-state index is -4.42. The maximum absolute atomic E-state index is 13.2. The van der Waals surface area contributed by atoms with Crippen LogP contribution in [0.2, 0.25) is 0 Å². The van der Waals surface area contributed by atoms with Gasteiger partial charge in [-0.3, -0.25) is 0 Å². The maximum Gasteiger partial charge on any atom is 0.416 e. The topological polar surface area (TPSA) is 50.2 Å². The lowest BCUT2D eigenvalue weighted by molar-refractivity contribution is -0.137. The highest BCUT2D eigenvalue weighted by atomic mass is 79.9. The molecular formula is C26H19BrF3NO2S. The number of carboxylic acids is 1. The van der Waals surface area contributed by atoms with Crippen LogP contribution in [-0.2, 0) is 12.6 Å². The highest BCUT2D eigenvalue weighted by Gasteiger charge is 2.30. The van der Waals surface area contributed by atoms with Crippen LogP contribution in [0, 0.1) is 0 Å². The molecule has 1 aromatic heterocycles. The SMILES string of the molecule is O=C(O)c1ccc(C(CCc2cccc(Br)c2)c2nc(-c3cccc(C(F)(F)F)c3)cs2)cc1. The lowest BCUT2D eigenvalue weighted by Gasteiger charge is -2.16. The highest BCUT2D eigenvalue weighted by molar-refractivity contribution is 9.10. The first kappa shape index (κ1) is 24.2. The van der Waals surface area contributed by atoms with Gasteiger partial charge in [0.05, 0.1) is 16.8 Å². The van der Waals surface area contributed by atoms with Gasteiger partial charge in [-0.15, -0.1) is 11.3 Å². The molecule has 0 aliphatic heterocycles. The number of aromatic nitrogens is 1. The fraction of sp³-hybridized carbons (Fsp3) is 0.154. The summed E-state index contributed by atoms with van der Waals surface area (Å²) in [5.74, 6) is -1.13. The average Bonchev–Trinajstić information content (AvgIpc) is 3.29. The molecule has 0 radical (unpaired) electrons. The Bertz CT molecular complexity index is 1300. The van der Waals surface area contributed by atoms with E-state index in [0.29, 0.717) is 17.7 Å². The molecule has 1 heterocycles. The van der Waals surface area contributed by atoms with Crippen molar-refractivity contribution in [1.29, 1.82) is 0 Å². The van der Waals surface area contributed by atoms with E-state index in [0.717, 1.165) is 39.2 Å². The van der Waals surface area contributed by atoms with Crippen molar-refractivity contribution in [1.82, 2.24) is 4.98 Å². The highest BCUT2D eigenvalue weighted by Crippen LogP contribution is 2.36. The number of aromatic carboxylic acids is 1. The number of carbonyl (C=O) groups is 1. The molecule has 0 spiro atoms. The van der Waals surface area contributed by atoms with E-state index in [-0.39, 0.29) is 11.5 Å². The van der Waals surface area contributed by atoms with Gasteiger partial charge in [-0.1, -0.05) is 52.3 Å². The summed E-state index contributed by atoms with van der Waals surface area (Å²) in [6.45, 7) is 0. The van der Waals surface area contributed by atoms with E-state index in [1.807, 2.05) is 24.3 Å². The van der Waals surface area contributed by atoms with Crippen molar-refractivity contribution in [3.63, 3.8) is 0 Å². The standard InChI is InChI=1S/C26H19BrF3NO2S/c27-21-6-1-3-16(13-21)7-12-22(17-8-10-18(11-9-17)25(32)33)24-31-23(15-34-24)19-4-2-5-20(14-19)26(28,29)30/h1-6,8-11,13-15,22H,7,12H2,(H,32,33). The van der Waals surface area contributed by atoms with E-state index in [1.54, 1.807) is 35.7 Å². The summed E-state index contributed by atoms with van der Waals surface area (Å²) >= 11 is 4.87. The second-order valence-corrected chi connectivity index (χ2v) is 9.60. The van der Waals surface area contributed by atoms with E-state index >= 15 is 0 Å². The summed E-state index contributed by atoms with van der Waals surface area (Å²) in [6.07, 6.45) is -2.96. The molecular weight excluding hydrogens is 527 g/mol. The van der Waals surface area contributed by atoms with Crippen molar-refractivity contribution in [2.45, 2.75) is 24.9 Å². The van der Waals surface area contributed by atoms with Crippen LogP contribution < -0.4 is 0 Å². The number of alkyl halides is 3. The van der Waals surface area contributed by atoms with E-state index in [2.05, 4.69) is 15.9 Å². The van der Waals surface area contributed by atoms with E-state index < -0.39 is 17.7 Å². The largest absolute Gasteiger partial charge is 0.478 e. The molecule has 3 aromatic carbocycles. The van der Waals surface area contributed by atoms with Crippen molar-refractivity contribution in [2.24, 2.45) is 0 Å². The zero-order chi connectivity index (χ0) is 24.3. The van der Waals surface area contributed by atoms with Crippen LogP contribution in [0.3, 0.4) is 0 Å². The Kier molecular flexibility index (Phi) is 7.19. The van der Waals surface area contributed by atoms with Gasteiger partial charge >= 0.3 is 12.1 Å². The van der Waals surface area contributed by atoms with Gasteiger partial charge in [0.2, 0.25) is 0 Å². The van der Waals surface area contributed by atoms with Gasteiger partial charge in [-0.05, 0) is 60.4 Å². The predicted molar refractivity (Wildman–Crippen MR) is 130 cm³/mol. The van der Waals surface area contributed by atoms with Gasteiger partial charge in [-0.2, -0.15) is 13.2 Å². The predicted octanol–water partition coefficient (Wildman–Crippen LogP) is 8.05. The zero-order valence-electron chi connectivity index (χ0n) is 17.7. The Morgan fingerprint density at radius 1 is 1.03 bits per heavy atom. The first-order chi connectivity index (χ1) is 16.2. The van der Waals surface area contributed by atoms with Crippen LogP contribution in [0.4, 0.5) is 13.2 Å². The van der Waals surface area contributed by atoms with Crippen LogP contribution in [0.5, 0.6) is 0 Å². The number of rotatable bonds is 7. The Morgan fingerprint density at radius 2 is 1.76 bits per heavy atom. The van der Waals surface area contributed by atoms with E-state index in [1.165, 1.54) is 17.4 Å². The lowest BCUT2D eigenvalue weighted by atomic mass is 9.92. The van der Waals surface area contributed by atoms with Crippen molar-refractivity contribution in [2.75, 3.05) is 0 Å². The molecule has 1 atom stereocenters. The molecule has 1 unspecified atom stereocenters. The van der Waals surface area contributed by atoms with Crippen LogP contribution in [0.1, 0.15) is 44.4 Å². The molecule has 34 heavy (non-hydrogen) atoms. The Labute approximate surface area is 207 Å². The number of carboxylic acid groups (broad SMARTS) is 1. The molecule has 4 aromatic rings. The fourth-order valence-electron chi connectivity index (χ4n) is 3.73. The zero-order valence-corrected chi connectivity index (χ0v) is 20.1. The number of benzene rings is 3. The van der Waals surface area contributed by atoms with Crippen LogP contribution in [-0.4, -0.2) is 16.1 Å². The van der Waals surface area contributed by atoms with Gasteiger partial charge < -0.3 is 5.11 Å². The summed E-state index contributed by atoms with van der Waals surface area (Å²) in [5.41, 5.74) is 2.42. The monoisotopic (exact) mass is 545 g/mol. The Hall–Kier alpha value is -2.97. The molecule has 1 N–H and O–H groups in total. The maximum atomic E-state index is 13.2. The third-order valence-electron chi connectivity index (χ3n) is 5.48. The molecule has 0 bridgehead atoms. The summed E-state index contributed by atoms with van der Waals surface area (Å²) in [4.78, 5) is 16.0. The molecule has 0 fully saturated rings. The molecule has 3 nitrogen and oxygen atoms in total. The summed E-state index contributed by atoms with van der Waals surface area (Å²) in [6, 6.07) is 19.8. The summed E-state index contributed by atoms with van der Waals surface area (Å²) < 4.78 is 40.4. The van der Waals surface area contributed by atoms with Crippen molar-refractivity contribution in [3.05, 3.63) is 110 Å². The van der Waals surface area contributed by atoms with Crippen molar-refractivity contribution >= 4 is 33.2 Å². The first-order valence-electron chi connectivity index (χ1n) is 10.4. The second kappa shape index (κ2) is 10.1. The third kappa shape index (κ3) is 5.74. The van der Waals surface area contributed by atoms with Gasteiger partial charge in [0.25, 0.3) is 0 Å². The van der Waals surface area contributed by atoms with E-state index in [4.69, 9.17) is 4.98 Å². The van der Waals surface area contributed by atoms with Crippen molar-refractivity contribution < 1.29 is 23.1 Å². The van der Waals surface area contributed by atoms with Crippen LogP contribution >= 0.6 is 27.3 Å². The molecule has 174 valence electrons. The average molecular weight is 546 g/mol. The van der Waals surface area contributed by atoms with Gasteiger partial charge in [-0.25, -0.2) is 9.78 Å². The lowest BCUT2D eigenvalue weighted by Crippen LogP contribution is -2.05.